The van der Waals surface area contributed by atoms with Gasteiger partial charge in [-0.1, -0.05) is 49.4 Å². The van der Waals surface area contributed by atoms with Crippen LogP contribution in [0.1, 0.15) is 28.4 Å². The minimum absolute atomic E-state index is 0.0288. The van der Waals surface area contributed by atoms with Crippen molar-refractivity contribution in [2.45, 2.75) is 13.5 Å². The molecule has 0 saturated carbocycles. The third-order valence-electron chi connectivity index (χ3n) is 4.63. The normalized spacial score (nSPS) is 15.6. The third kappa shape index (κ3) is 4.28. The van der Waals surface area contributed by atoms with Gasteiger partial charge >= 0.3 is 5.97 Å². The van der Waals surface area contributed by atoms with E-state index in [2.05, 4.69) is 10.1 Å². The van der Waals surface area contributed by atoms with Crippen LogP contribution in [0, 0.1) is 5.92 Å². The first-order valence-electron chi connectivity index (χ1n) is 9.02. The lowest BCUT2D eigenvalue weighted by atomic mass is 10.1. The molecule has 1 N–H and O–H groups in total. The molecule has 2 aromatic carbocycles. The van der Waals surface area contributed by atoms with Crippen LogP contribution in [0.4, 0.5) is 5.69 Å². The SMILES string of the molecule is COC(=O)CNC(=O)c1ccc(CN2C(=O)C(C)C=Cc3ccccc32)cc1. The number of carbonyl (C=O) groups is 3. The summed E-state index contributed by atoms with van der Waals surface area (Å²) in [6.45, 7) is 2.11. The first-order valence-corrected chi connectivity index (χ1v) is 9.02. The number of rotatable bonds is 5. The lowest BCUT2D eigenvalue weighted by molar-refractivity contribution is -0.139. The fourth-order valence-corrected chi connectivity index (χ4v) is 3.00. The summed E-state index contributed by atoms with van der Waals surface area (Å²) >= 11 is 0. The molecule has 2 aromatic rings. The molecule has 0 fully saturated rings. The van der Waals surface area contributed by atoms with E-state index in [4.69, 9.17) is 0 Å². The first-order chi connectivity index (χ1) is 13.5. The van der Waals surface area contributed by atoms with Crippen molar-refractivity contribution in [2.75, 3.05) is 18.6 Å². The minimum Gasteiger partial charge on any atom is -0.468 e. The van der Waals surface area contributed by atoms with Gasteiger partial charge in [0.1, 0.15) is 6.54 Å². The number of hydrogen-bond acceptors (Lipinski definition) is 4. The van der Waals surface area contributed by atoms with E-state index in [0.717, 1.165) is 16.8 Å². The molecule has 3 rings (SSSR count). The van der Waals surface area contributed by atoms with Crippen molar-refractivity contribution in [3.63, 3.8) is 0 Å². The summed E-state index contributed by atoms with van der Waals surface area (Å²) in [6.07, 6.45) is 3.89. The molecule has 28 heavy (non-hydrogen) atoms. The Morgan fingerprint density at radius 3 is 2.54 bits per heavy atom. The molecule has 0 bridgehead atoms. The molecule has 144 valence electrons. The topological polar surface area (TPSA) is 75.7 Å². The second-order valence-corrected chi connectivity index (χ2v) is 6.59. The average molecular weight is 378 g/mol. The Bertz CT molecular complexity index is 918. The van der Waals surface area contributed by atoms with Crippen LogP contribution in [-0.2, 0) is 20.9 Å². The number of methoxy groups -OCH3 is 1. The van der Waals surface area contributed by atoms with Gasteiger partial charge in [-0.3, -0.25) is 14.4 Å². The molecule has 2 amide bonds. The highest BCUT2D eigenvalue weighted by Crippen LogP contribution is 2.29. The van der Waals surface area contributed by atoms with E-state index >= 15 is 0 Å². The first kappa shape index (κ1) is 19.4. The molecule has 0 radical (unpaired) electrons. The average Bonchev–Trinajstić information content (AvgIpc) is 2.84. The maximum Gasteiger partial charge on any atom is 0.325 e. The van der Waals surface area contributed by atoms with E-state index in [1.807, 2.05) is 55.5 Å². The highest BCUT2D eigenvalue weighted by Gasteiger charge is 2.24. The molecule has 1 unspecified atom stereocenters. The predicted molar refractivity (Wildman–Crippen MR) is 107 cm³/mol. The van der Waals surface area contributed by atoms with Crippen molar-refractivity contribution < 1.29 is 19.1 Å². The third-order valence-corrected chi connectivity index (χ3v) is 4.63. The largest absolute Gasteiger partial charge is 0.468 e. The Kier molecular flexibility index (Phi) is 5.89. The van der Waals surface area contributed by atoms with Gasteiger partial charge in [-0.05, 0) is 29.3 Å². The van der Waals surface area contributed by atoms with E-state index in [1.165, 1.54) is 7.11 Å². The summed E-state index contributed by atoms with van der Waals surface area (Å²) in [5.74, 6) is -1.05. The molecule has 0 aliphatic carbocycles. The molecule has 6 heteroatoms. The lowest BCUT2D eigenvalue weighted by Crippen LogP contribution is -2.33. The molecule has 1 heterocycles. The quantitative estimate of drug-likeness (QED) is 0.812. The lowest BCUT2D eigenvalue weighted by Gasteiger charge is -2.25. The molecule has 1 aliphatic heterocycles. The summed E-state index contributed by atoms with van der Waals surface area (Å²) in [4.78, 5) is 37.8. The monoisotopic (exact) mass is 378 g/mol. The van der Waals surface area contributed by atoms with Crippen LogP contribution >= 0.6 is 0 Å². The number of amides is 2. The Morgan fingerprint density at radius 1 is 1.11 bits per heavy atom. The Hall–Kier alpha value is -3.41. The van der Waals surface area contributed by atoms with Crippen LogP contribution in [0.3, 0.4) is 0 Å². The molecular formula is C22H22N2O4. The van der Waals surface area contributed by atoms with Crippen LogP contribution in [0.15, 0.2) is 54.6 Å². The molecule has 0 spiro atoms. The molecule has 6 nitrogen and oxygen atoms in total. The number of ether oxygens (including phenoxy) is 1. The number of carbonyl (C=O) groups excluding carboxylic acids is 3. The second kappa shape index (κ2) is 8.52. The second-order valence-electron chi connectivity index (χ2n) is 6.59. The van der Waals surface area contributed by atoms with Gasteiger partial charge in [0, 0.05) is 5.56 Å². The minimum atomic E-state index is -0.508. The molecule has 0 saturated heterocycles. The van der Waals surface area contributed by atoms with Gasteiger partial charge < -0.3 is 15.0 Å². The smallest absolute Gasteiger partial charge is 0.325 e. The van der Waals surface area contributed by atoms with Gasteiger partial charge in [0.2, 0.25) is 5.91 Å². The Morgan fingerprint density at radius 2 is 1.82 bits per heavy atom. The van der Waals surface area contributed by atoms with Gasteiger partial charge in [0.15, 0.2) is 0 Å². The van der Waals surface area contributed by atoms with Gasteiger partial charge in [-0.25, -0.2) is 0 Å². The van der Waals surface area contributed by atoms with E-state index in [1.54, 1.807) is 17.0 Å². The van der Waals surface area contributed by atoms with E-state index < -0.39 is 5.97 Å². The number of nitrogens with one attached hydrogen (secondary N) is 1. The van der Waals surface area contributed by atoms with Crippen molar-refractivity contribution >= 4 is 29.5 Å². The number of fused-ring (bicyclic) bond motifs is 1. The van der Waals surface area contributed by atoms with E-state index in [-0.39, 0.29) is 24.3 Å². The van der Waals surface area contributed by atoms with Crippen molar-refractivity contribution in [2.24, 2.45) is 5.92 Å². The van der Waals surface area contributed by atoms with Crippen LogP contribution in [0.2, 0.25) is 0 Å². The standard InChI is InChI=1S/C22H22N2O4/c1-15-7-10-17-5-3-4-6-19(17)24(22(15)27)14-16-8-11-18(12-9-16)21(26)23-13-20(25)28-2/h3-12,15H,13-14H2,1-2H3,(H,23,26). The number of hydrogen-bond donors (Lipinski definition) is 1. The number of nitrogens with zero attached hydrogens (tertiary/aromatic N) is 1. The zero-order chi connectivity index (χ0) is 20.1. The summed E-state index contributed by atoms with van der Waals surface area (Å²) < 4.78 is 4.50. The van der Waals surface area contributed by atoms with Crippen molar-refractivity contribution in [3.8, 4) is 0 Å². The maximum atomic E-state index is 12.8. The van der Waals surface area contributed by atoms with Gasteiger partial charge in [0.05, 0.1) is 25.3 Å². The maximum absolute atomic E-state index is 12.8. The molecule has 1 aliphatic rings. The van der Waals surface area contributed by atoms with Crippen LogP contribution in [0.5, 0.6) is 0 Å². The van der Waals surface area contributed by atoms with Crippen LogP contribution in [-0.4, -0.2) is 31.4 Å². The summed E-state index contributed by atoms with van der Waals surface area (Å²) in [5, 5.41) is 2.50. The predicted octanol–water partition coefficient (Wildman–Crippen LogP) is 2.79. The highest BCUT2D eigenvalue weighted by atomic mass is 16.5. The highest BCUT2D eigenvalue weighted by molar-refractivity contribution is 6.00. The Labute approximate surface area is 163 Å². The van der Waals surface area contributed by atoms with Crippen molar-refractivity contribution in [1.29, 1.82) is 0 Å². The summed E-state index contributed by atoms with van der Waals surface area (Å²) in [6, 6.07) is 14.8. The zero-order valence-corrected chi connectivity index (χ0v) is 15.8. The molecule has 1 atom stereocenters. The number of benzene rings is 2. The number of para-hydroxylation sites is 1. The van der Waals surface area contributed by atoms with Crippen molar-refractivity contribution in [1.82, 2.24) is 5.32 Å². The fraction of sp³-hybridized carbons (Fsp3) is 0.227. The van der Waals surface area contributed by atoms with E-state index in [0.29, 0.717) is 12.1 Å². The molecule has 0 aromatic heterocycles. The number of anilines is 1. The van der Waals surface area contributed by atoms with E-state index in [9.17, 15) is 14.4 Å². The fourth-order valence-electron chi connectivity index (χ4n) is 3.00. The van der Waals surface area contributed by atoms with Gasteiger partial charge in [-0.2, -0.15) is 0 Å². The van der Waals surface area contributed by atoms with Gasteiger partial charge in [-0.15, -0.1) is 0 Å². The van der Waals surface area contributed by atoms with Crippen LogP contribution in [0.25, 0.3) is 6.08 Å². The zero-order valence-electron chi connectivity index (χ0n) is 15.8. The Balaban J connectivity index is 1.75. The number of esters is 1. The van der Waals surface area contributed by atoms with Gasteiger partial charge in [0.25, 0.3) is 5.91 Å². The summed E-state index contributed by atoms with van der Waals surface area (Å²) in [5.41, 5.74) is 3.21. The van der Waals surface area contributed by atoms with Crippen LogP contribution < -0.4 is 10.2 Å². The molecular weight excluding hydrogens is 356 g/mol. The van der Waals surface area contributed by atoms with Crippen molar-refractivity contribution in [3.05, 3.63) is 71.3 Å². The summed E-state index contributed by atoms with van der Waals surface area (Å²) in [7, 11) is 1.27.